The molecule has 1 saturated heterocycles. The average Bonchev–Trinajstić information content (AvgIpc) is 3.03. The fourth-order valence-corrected chi connectivity index (χ4v) is 2.58. The molecule has 1 aromatic rings. The molecule has 0 bridgehead atoms. The van der Waals surface area contributed by atoms with Crippen LogP contribution in [0.1, 0.15) is 42.7 Å². The van der Waals surface area contributed by atoms with E-state index in [0.717, 1.165) is 18.7 Å². The Morgan fingerprint density at radius 1 is 1.48 bits per heavy atom. The monoisotopic (exact) mass is 293 g/mol. The van der Waals surface area contributed by atoms with Gasteiger partial charge >= 0.3 is 5.97 Å². The zero-order valence-corrected chi connectivity index (χ0v) is 12.9. The molecule has 6 heteroatoms. The highest BCUT2D eigenvalue weighted by Gasteiger charge is 2.32. The van der Waals surface area contributed by atoms with Gasteiger partial charge in [0.05, 0.1) is 17.7 Å². The van der Waals surface area contributed by atoms with Crippen LogP contribution >= 0.6 is 0 Å². The van der Waals surface area contributed by atoms with Crippen LogP contribution in [0.15, 0.2) is 6.20 Å². The fourth-order valence-electron chi connectivity index (χ4n) is 2.58. The number of carbonyl (C=O) groups excluding carboxylic acids is 1. The number of aromatic nitrogens is 2. The molecule has 1 aromatic heterocycles. The SMILES string of the molecule is Cc1c(C(=O)N2CCC(C(=O)O)C2)cnn1CCC(C)C. The molecule has 21 heavy (non-hydrogen) atoms. The minimum Gasteiger partial charge on any atom is -0.481 e. The van der Waals surface area contributed by atoms with Crippen LogP contribution in [0.3, 0.4) is 0 Å². The van der Waals surface area contributed by atoms with Crippen LogP contribution in [0.4, 0.5) is 0 Å². The molecule has 0 saturated carbocycles. The van der Waals surface area contributed by atoms with Gasteiger partial charge in [0.2, 0.25) is 0 Å². The minimum atomic E-state index is -0.824. The van der Waals surface area contributed by atoms with E-state index in [0.29, 0.717) is 31.0 Å². The maximum absolute atomic E-state index is 12.5. The molecule has 1 aliphatic rings. The molecule has 1 unspecified atom stereocenters. The summed E-state index contributed by atoms with van der Waals surface area (Å²) < 4.78 is 1.86. The van der Waals surface area contributed by atoms with Crippen LogP contribution in [0.2, 0.25) is 0 Å². The highest BCUT2D eigenvalue weighted by molar-refractivity contribution is 5.95. The first kappa shape index (κ1) is 15.5. The molecule has 1 atom stereocenters. The Balaban J connectivity index is 2.05. The summed E-state index contributed by atoms with van der Waals surface area (Å²) in [6.07, 6.45) is 3.15. The number of aryl methyl sites for hydroxylation is 1. The molecule has 1 fully saturated rings. The molecule has 2 heterocycles. The predicted octanol–water partition coefficient (Wildman–Crippen LogP) is 1.78. The van der Waals surface area contributed by atoms with Gasteiger partial charge in [0.25, 0.3) is 5.91 Å². The normalized spacial score (nSPS) is 18.5. The third kappa shape index (κ3) is 3.43. The number of aliphatic carboxylic acids is 1. The second-order valence-corrected chi connectivity index (χ2v) is 6.12. The lowest BCUT2D eigenvalue weighted by Crippen LogP contribution is -2.30. The summed E-state index contributed by atoms with van der Waals surface area (Å²) in [6, 6.07) is 0. The van der Waals surface area contributed by atoms with Gasteiger partial charge in [0, 0.05) is 25.3 Å². The van der Waals surface area contributed by atoms with E-state index >= 15 is 0 Å². The third-order valence-corrected chi connectivity index (χ3v) is 4.08. The Bertz CT molecular complexity index is 536. The number of hydrogen-bond donors (Lipinski definition) is 1. The van der Waals surface area contributed by atoms with Crippen LogP contribution in [0, 0.1) is 18.8 Å². The van der Waals surface area contributed by atoms with Crippen molar-refractivity contribution < 1.29 is 14.7 Å². The van der Waals surface area contributed by atoms with Gasteiger partial charge in [0.1, 0.15) is 0 Å². The molecular weight excluding hydrogens is 270 g/mol. The molecule has 116 valence electrons. The summed E-state index contributed by atoms with van der Waals surface area (Å²) >= 11 is 0. The number of hydrogen-bond acceptors (Lipinski definition) is 3. The number of carboxylic acid groups (broad SMARTS) is 1. The van der Waals surface area contributed by atoms with Crippen molar-refractivity contribution in [2.45, 2.75) is 40.2 Å². The lowest BCUT2D eigenvalue weighted by molar-refractivity contribution is -0.141. The Morgan fingerprint density at radius 2 is 2.19 bits per heavy atom. The van der Waals surface area contributed by atoms with Gasteiger partial charge in [-0.1, -0.05) is 13.8 Å². The molecule has 0 spiro atoms. The quantitative estimate of drug-likeness (QED) is 0.898. The molecule has 2 rings (SSSR count). The lowest BCUT2D eigenvalue weighted by Gasteiger charge is -2.15. The van der Waals surface area contributed by atoms with E-state index in [4.69, 9.17) is 5.11 Å². The molecule has 0 aromatic carbocycles. The van der Waals surface area contributed by atoms with Crippen molar-refractivity contribution in [2.24, 2.45) is 11.8 Å². The smallest absolute Gasteiger partial charge is 0.308 e. The summed E-state index contributed by atoms with van der Waals surface area (Å²) in [5.74, 6) is -0.783. The largest absolute Gasteiger partial charge is 0.481 e. The van der Waals surface area contributed by atoms with Crippen molar-refractivity contribution in [3.8, 4) is 0 Å². The fraction of sp³-hybridized carbons (Fsp3) is 0.667. The number of amides is 1. The first-order valence-electron chi connectivity index (χ1n) is 7.44. The van der Waals surface area contributed by atoms with Gasteiger partial charge in [-0.3, -0.25) is 14.3 Å². The van der Waals surface area contributed by atoms with E-state index in [1.54, 1.807) is 11.1 Å². The van der Waals surface area contributed by atoms with E-state index in [2.05, 4.69) is 18.9 Å². The van der Waals surface area contributed by atoms with Crippen LogP contribution < -0.4 is 0 Å². The van der Waals surface area contributed by atoms with Gasteiger partial charge in [0.15, 0.2) is 0 Å². The first-order valence-corrected chi connectivity index (χ1v) is 7.44. The maximum atomic E-state index is 12.5. The lowest BCUT2D eigenvalue weighted by atomic mass is 10.1. The molecular formula is C15H23N3O3. The molecule has 0 aliphatic carbocycles. The van der Waals surface area contributed by atoms with Crippen molar-refractivity contribution in [2.75, 3.05) is 13.1 Å². The summed E-state index contributed by atoms with van der Waals surface area (Å²) in [5.41, 5.74) is 1.45. The molecule has 1 amide bonds. The van der Waals surface area contributed by atoms with Crippen molar-refractivity contribution in [1.82, 2.24) is 14.7 Å². The summed E-state index contributed by atoms with van der Waals surface area (Å²) in [7, 11) is 0. The van der Waals surface area contributed by atoms with Gasteiger partial charge in [-0.2, -0.15) is 5.10 Å². The van der Waals surface area contributed by atoms with Crippen LogP contribution in [0.25, 0.3) is 0 Å². The zero-order chi connectivity index (χ0) is 15.6. The summed E-state index contributed by atoms with van der Waals surface area (Å²) in [6.45, 7) is 7.80. The van der Waals surface area contributed by atoms with Crippen molar-refractivity contribution in [3.63, 3.8) is 0 Å². The zero-order valence-electron chi connectivity index (χ0n) is 12.9. The Kier molecular flexibility index (Phi) is 4.65. The molecule has 0 radical (unpaired) electrons. The second-order valence-electron chi connectivity index (χ2n) is 6.12. The van der Waals surface area contributed by atoms with Gasteiger partial charge in [-0.05, 0) is 25.7 Å². The van der Waals surface area contributed by atoms with Crippen molar-refractivity contribution >= 4 is 11.9 Å². The highest BCUT2D eigenvalue weighted by Crippen LogP contribution is 2.20. The average molecular weight is 293 g/mol. The van der Waals surface area contributed by atoms with Crippen molar-refractivity contribution in [3.05, 3.63) is 17.5 Å². The van der Waals surface area contributed by atoms with Crippen LogP contribution in [0.5, 0.6) is 0 Å². The van der Waals surface area contributed by atoms with Crippen LogP contribution in [-0.4, -0.2) is 44.8 Å². The Hall–Kier alpha value is -1.85. The van der Waals surface area contributed by atoms with Crippen LogP contribution in [-0.2, 0) is 11.3 Å². The summed E-state index contributed by atoms with van der Waals surface area (Å²) in [5, 5.41) is 13.3. The van der Waals surface area contributed by atoms with E-state index < -0.39 is 11.9 Å². The second kappa shape index (κ2) is 6.28. The third-order valence-electron chi connectivity index (χ3n) is 4.08. The topological polar surface area (TPSA) is 75.4 Å². The van der Waals surface area contributed by atoms with Gasteiger partial charge < -0.3 is 10.0 Å². The number of carbonyl (C=O) groups is 2. The Morgan fingerprint density at radius 3 is 2.76 bits per heavy atom. The van der Waals surface area contributed by atoms with E-state index in [-0.39, 0.29) is 5.91 Å². The minimum absolute atomic E-state index is 0.105. The number of nitrogens with zero attached hydrogens (tertiary/aromatic N) is 3. The standard InChI is InChI=1S/C15H23N3O3/c1-10(2)4-7-18-11(3)13(8-16-18)14(19)17-6-5-12(9-17)15(20)21/h8,10,12H,4-7,9H2,1-3H3,(H,20,21). The maximum Gasteiger partial charge on any atom is 0.308 e. The van der Waals surface area contributed by atoms with E-state index in [1.165, 1.54) is 0 Å². The van der Waals surface area contributed by atoms with E-state index in [1.807, 2.05) is 11.6 Å². The van der Waals surface area contributed by atoms with Gasteiger partial charge in [-0.25, -0.2) is 0 Å². The first-order chi connectivity index (χ1) is 9.90. The summed E-state index contributed by atoms with van der Waals surface area (Å²) in [4.78, 5) is 25.1. The molecule has 1 aliphatic heterocycles. The number of likely N-dealkylation sites (tertiary alicyclic amines) is 1. The Labute approximate surface area is 124 Å². The molecule has 1 N–H and O–H groups in total. The van der Waals surface area contributed by atoms with E-state index in [9.17, 15) is 9.59 Å². The predicted molar refractivity (Wildman–Crippen MR) is 78.1 cm³/mol. The number of rotatable bonds is 5. The van der Waals surface area contributed by atoms with Gasteiger partial charge in [-0.15, -0.1) is 0 Å². The van der Waals surface area contributed by atoms with Crippen molar-refractivity contribution in [1.29, 1.82) is 0 Å². The molecule has 6 nitrogen and oxygen atoms in total. The number of carboxylic acids is 1. The highest BCUT2D eigenvalue weighted by atomic mass is 16.4.